The average molecular weight is 266 g/mol. The summed E-state index contributed by atoms with van der Waals surface area (Å²) >= 11 is 0. The summed E-state index contributed by atoms with van der Waals surface area (Å²) in [5.41, 5.74) is 4.06. The minimum absolute atomic E-state index is 0.169. The molecule has 108 valence electrons. The van der Waals surface area contributed by atoms with Gasteiger partial charge in [0.25, 0.3) is 0 Å². The van der Waals surface area contributed by atoms with E-state index in [2.05, 4.69) is 24.5 Å². The number of rotatable bonds is 10. The Kier molecular flexibility index (Phi) is 8.21. The van der Waals surface area contributed by atoms with Crippen molar-refractivity contribution in [3.63, 3.8) is 0 Å². The monoisotopic (exact) mass is 266 g/mol. The molecule has 0 saturated carbocycles. The number of benzene rings is 1. The minimum Gasteiger partial charge on any atom is -0.494 e. The molecule has 0 spiro atoms. The van der Waals surface area contributed by atoms with E-state index >= 15 is 0 Å². The first kappa shape index (κ1) is 16.0. The van der Waals surface area contributed by atoms with Gasteiger partial charge >= 0.3 is 0 Å². The molecule has 0 amide bonds. The lowest BCUT2D eigenvalue weighted by molar-refractivity contribution is 0.191. The smallest absolute Gasteiger partial charge is 0.119 e. The highest BCUT2D eigenvalue weighted by Gasteiger charge is 2.10. The normalized spacial score (nSPS) is 12.4. The highest BCUT2D eigenvalue weighted by Crippen LogP contribution is 2.23. The van der Waals surface area contributed by atoms with Crippen LogP contribution >= 0.6 is 0 Å². The SMILES string of the molecule is CCCOc1cccc(C(CCCCOC)NN)c1. The third-order valence-corrected chi connectivity index (χ3v) is 3.03. The molecular formula is C15H26N2O2. The number of methoxy groups -OCH3 is 1. The Morgan fingerprint density at radius 2 is 2.11 bits per heavy atom. The number of ether oxygens (including phenoxy) is 2. The molecule has 1 aromatic rings. The van der Waals surface area contributed by atoms with Crippen LogP contribution in [0.15, 0.2) is 24.3 Å². The van der Waals surface area contributed by atoms with Crippen molar-refractivity contribution in [2.24, 2.45) is 5.84 Å². The predicted octanol–water partition coefficient (Wildman–Crippen LogP) is 2.80. The van der Waals surface area contributed by atoms with E-state index in [9.17, 15) is 0 Å². The molecule has 1 atom stereocenters. The lowest BCUT2D eigenvalue weighted by Gasteiger charge is -2.17. The van der Waals surface area contributed by atoms with Crippen LogP contribution in [0.2, 0.25) is 0 Å². The molecule has 0 heterocycles. The fraction of sp³-hybridized carbons (Fsp3) is 0.600. The molecule has 0 fully saturated rings. The molecule has 3 N–H and O–H groups in total. The van der Waals surface area contributed by atoms with Gasteiger partial charge in [-0.3, -0.25) is 11.3 Å². The zero-order valence-corrected chi connectivity index (χ0v) is 12.0. The average Bonchev–Trinajstić information content (AvgIpc) is 2.45. The molecule has 0 bridgehead atoms. The van der Waals surface area contributed by atoms with Gasteiger partial charge in [0, 0.05) is 19.8 Å². The van der Waals surface area contributed by atoms with Crippen molar-refractivity contribution < 1.29 is 9.47 Å². The second-order valence-electron chi connectivity index (χ2n) is 4.63. The van der Waals surface area contributed by atoms with Crippen molar-refractivity contribution in [2.45, 2.75) is 38.6 Å². The molecule has 4 nitrogen and oxygen atoms in total. The van der Waals surface area contributed by atoms with Gasteiger partial charge in [0.1, 0.15) is 5.75 Å². The number of hydrazine groups is 1. The van der Waals surface area contributed by atoms with Crippen molar-refractivity contribution in [3.05, 3.63) is 29.8 Å². The number of nitrogens with one attached hydrogen (secondary N) is 1. The van der Waals surface area contributed by atoms with E-state index in [1.165, 1.54) is 5.56 Å². The van der Waals surface area contributed by atoms with Crippen molar-refractivity contribution >= 4 is 0 Å². The van der Waals surface area contributed by atoms with Crippen LogP contribution in [-0.4, -0.2) is 20.3 Å². The lowest BCUT2D eigenvalue weighted by Crippen LogP contribution is -2.28. The third-order valence-electron chi connectivity index (χ3n) is 3.03. The minimum atomic E-state index is 0.169. The maximum atomic E-state index is 5.65. The molecule has 0 saturated heterocycles. The molecule has 19 heavy (non-hydrogen) atoms. The molecule has 1 aromatic carbocycles. The summed E-state index contributed by atoms with van der Waals surface area (Å²) in [4.78, 5) is 0. The van der Waals surface area contributed by atoms with Crippen LogP contribution in [0.25, 0.3) is 0 Å². The maximum absolute atomic E-state index is 5.65. The molecule has 0 aliphatic heterocycles. The zero-order chi connectivity index (χ0) is 13.9. The van der Waals surface area contributed by atoms with Crippen LogP contribution in [0.1, 0.15) is 44.2 Å². The first-order chi connectivity index (χ1) is 9.31. The van der Waals surface area contributed by atoms with Crippen LogP contribution in [0.3, 0.4) is 0 Å². The van der Waals surface area contributed by atoms with E-state index < -0.39 is 0 Å². The number of unbranched alkanes of at least 4 members (excludes halogenated alkanes) is 1. The van der Waals surface area contributed by atoms with Crippen molar-refractivity contribution in [1.29, 1.82) is 0 Å². The summed E-state index contributed by atoms with van der Waals surface area (Å²) in [6, 6.07) is 8.32. The van der Waals surface area contributed by atoms with Gasteiger partial charge in [-0.1, -0.05) is 19.1 Å². The van der Waals surface area contributed by atoms with E-state index in [4.69, 9.17) is 15.3 Å². The third kappa shape index (κ3) is 6.05. The Hall–Kier alpha value is -1.10. The Balaban J connectivity index is 2.54. The summed E-state index contributed by atoms with van der Waals surface area (Å²) < 4.78 is 10.7. The van der Waals surface area contributed by atoms with Gasteiger partial charge in [-0.05, 0) is 43.4 Å². The lowest BCUT2D eigenvalue weighted by atomic mass is 10.0. The Labute approximate surface area is 116 Å². The summed E-state index contributed by atoms with van der Waals surface area (Å²) in [5, 5.41) is 0. The van der Waals surface area contributed by atoms with Crippen molar-refractivity contribution in [3.8, 4) is 5.75 Å². The van der Waals surface area contributed by atoms with Crippen LogP contribution < -0.4 is 16.0 Å². The topological polar surface area (TPSA) is 56.5 Å². The second kappa shape index (κ2) is 9.78. The molecule has 1 unspecified atom stereocenters. The van der Waals surface area contributed by atoms with Crippen molar-refractivity contribution in [2.75, 3.05) is 20.3 Å². The van der Waals surface area contributed by atoms with Gasteiger partial charge in [0.05, 0.1) is 6.61 Å². The van der Waals surface area contributed by atoms with Gasteiger partial charge in [-0.15, -0.1) is 0 Å². The Bertz CT molecular complexity index is 345. The molecular weight excluding hydrogens is 240 g/mol. The van der Waals surface area contributed by atoms with E-state index in [0.717, 1.165) is 44.6 Å². The van der Waals surface area contributed by atoms with Gasteiger partial charge in [-0.2, -0.15) is 0 Å². The summed E-state index contributed by atoms with van der Waals surface area (Å²) in [6.07, 6.45) is 4.15. The van der Waals surface area contributed by atoms with Gasteiger partial charge < -0.3 is 9.47 Å². The van der Waals surface area contributed by atoms with Crippen LogP contribution in [-0.2, 0) is 4.74 Å². The first-order valence-corrected chi connectivity index (χ1v) is 6.99. The molecule has 0 radical (unpaired) electrons. The highest BCUT2D eigenvalue weighted by atomic mass is 16.5. The van der Waals surface area contributed by atoms with E-state index in [-0.39, 0.29) is 6.04 Å². The van der Waals surface area contributed by atoms with E-state index in [1.54, 1.807) is 7.11 Å². The second-order valence-corrected chi connectivity index (χ2v) is 4.63. The van der Waals surface area contributed by atoms with E-state index in [1.807, 2.05) is 12.1 Å². The molecule has 0 aliphatic carbocycles. The van der Waals surface area contributed by atoms with Gasteiger partial charge in [0.2, 0.25) is 0 Å². The zero-order valence-electron chi connectivity index (χ0n) is 12.0. The quantitative estimate of drug-likeness (QED) is 0.388. The van der Waals surface area contributed by atoms with Crippen LogP contribution in [0, 0.1) is 0 Å². The molecule has 1 rings (SSSR count). The maximum Gasteiger partial charge on any atom is 0.119 e. The Morgan fingerprint density at radius 1 is 1.26 bits per heavy atom. The molecule has 0 aromatic heterocycles. The van der Waals surface area contributed by atoms with Gasteiger partial charge in [0.15, 0.2) is 0 Å². The Morgan fingerprint density at radius 3 is 2.79 bits per heavy atom. The largest absolute Gasteiger partial charge is 0.494 e. The molecule has 0 aliphatic rings. The fourth-order valence-electron chi connectivity index (χ4n) is 1.98. The standard InChI is InChI=1S/C15H26N2O2/c1-3-10-19-14-8-6-7-13(12-14)15(17-16)9-4-5-11-18-2/h6-8,12,15,17H,3-5,9-11,16H2,1-2H3. The fourth-order valence-corrected chi connectivity index (χ4v) is 1.98. The summed E-state index contributed by atoms with van der Waals surface area (Å²) in [5.74, 6) is 6.56. The van der Waals surface area contributed by atoms with E-state index in [0.29, 0.717) is 0 Å². The van der Waals surface area contributed by atoms with Crippen LogP contribution in [0.4, 0.5) is 0 Å². The number of nitrogens with two attached hydrogens (primary N) is 1. The number of hydrogen-bond acceptors (Lipinski definition) is 4. The van der Waals surface area contributed by atoms with Crippen LogP contribution in [0.5, 0.6) is 5.75 Å². The highest BCUT2D eigenvalue weighted by molar-refractivity contribution is 5.30. The predicted molar refractivity (Wildman–Crippen MR) is 78.0 cm³/mol. The molecule has 4 heteroatoms. The van der Waals surface area contributed by atoms with Gasteiger partial charge in [-0.25, -0.2) is 0 Å². The first-order valence-electron chi connectivity index (χ1n) is 6.99. The summed E-state index contributed by atoms with van der Waals surface area (Å²) in [6.45, 7) is 3.65. The summed E-state index contributed by atoms with van der Waals surface area (Å²) in [7, 11) is 1.73. The number of hydrogen-bond donors (Lipinski definition) is 2. The van der Waals surface area contributed by atoms with Crippen molar-refractivity contribution in [1.82, 2.24) is 5.43 Å².